The number of unbranched alkanes of at least 4 members (excludes halogenated alkanes) is 53. The fourth-order valence-electron chi connectivity index (χ4n) is 11.6. The van der Waals surface area contributed by atoms with Crippen molar-refractivity contribution in [2.45, 2.75) is 425 Å². The summed E-state index contributed by atoms with van der Waals surface area (Å²) >= 11 is 0. The molecule has 83 heavy (non-hydrogen) atoms. The van der Waals surface area contributed by atoms with Crippen molar-refractivity contribution in [2.24, 2.45) is 0 Å². The van der Waals surface area contributed by atoms with E-state index in [0.717, 1.165) is 96.3 Å². The summed E-state index contributed by atoms with van der Waals surface area (Å²) in [6.07, 6.45) is 90.6. The normalized spacial score (nSPS) is 12.2. The molecule has 0 saturated heterocycles. The number of hydrogen-bond acceptors (Lipinski definition) is 6. The van der Waals surface area contributed by atoms with Crippen LogP contribution in [0.2, 0.25) is 0 Å². The zero-order chi connectivity index (χ0) is 59.9. The molecular formula is C77H144O6. The smallest absolute Gasteiger partial charge is 0.306 e. The molecule has 6 heteroatoms. The van der Waals surface area contributed by atoms with Crippen LogP contribution in [0.5, 0.6) is 0 Å². The minimum atomic E-state index is -0.778. The molecule has 0 heterocycles. The molecule has 1 unspecified atom stereocenters. The summed E-state index contributed by atoms with van der Waals surface area (Å²) < 4.78 is 17.0. The highest BCUT2D eigenvalue weighted by Crippen LogP contribution is 2.20. The Bertz CT molecular complexity index is 1380. The van der Waals surface area contributed by atoms with Crippen LogP contribution in [0.3, 0.4) is 0 Å². The van der Waals surface area contributed by atoms with Crippen LogP contribution in [-0.4, -0.2) is 37.2 Å². The predicted octanol–water partition coefficient (Wildman–Crippen LogP) is 25.9. The quantitative estimate of drug-likeness (QED) is 0.0261. The standard InChI is InChI=1S/C77H144O6/c1-4-7-10-13-16-19-22-25-28-30-32-34-36-37-38-39-40-41-43-44-46-49-52-55-58-61-64-67-70-76(79)82-73-74(72-81-75(78)69-66-63-60-57-54-51-48-27-24-21-18-15-12-9-6-3)83-77(80)71-68-65-62-59-56-53-50-47-45-42-35-33-31-29-26-23-20-17-14-11-8-5-2/h9,12,18,21,27,48,74H,4-8,10-11,13-17,19-20,22-26,28-47,49-73H2,1-3H3/b12-9-,21-18-,48-27-. The minimum Gasteiger partial charge on any atom is -0.462 e. The lowest BCUT2D eigenvalue weighted by molar-refractivity contribution is -0.167. The van der Waals surface area contributed by atoms with Crippen LogP contribution >= 0.6 is 0 Å². The summed E-state index contributed by atoms with van der Waals surface area (Å²) in [5, 5.41) is 0. The van der Waals surface area contributed by atoms with Crippen LogP contribution < -0.4 is 0 Å². The van der Waals surface area contributed by atoms with Crippen LogP contribution in [0.25, 0.3) is 0 Å². The van der Waals surface area contributed by atoms with Gasteiger partial charge in [0.2, 0.25) is 0 Å². The molecule has 0 spiro atoms. The average molecular weight is 1170 g/mol. The Labute approximate surface area is 518 Å². The largest absolute Gasteiger partial charge is 0.462 e. The van der Waals surface area contributed by atoms with Crippen molar-refractivity contribution in [1.29, 1.82) is 0 Å². The van der Waals surface area contributed by atoms with Gasteiger partial charge in [0.25, 0.3) is 0 Å². The summed E-state index contributed by atoms with van der Waals surface area (Å²) in [5.41, 5.74) is 0. The van der Waals surface area contributed by atoms with E-state index in [1.54, 1.807) is 0 Å². The van der Waals surface area contributed by atoms with Crippen LogP contribution in [0.4, 0.5) is 0 Å². The lowest BCUT2D eigenvalue weighted by Crippen LogP contribution is -2.30. The van der Waals surface area contributed by atoms with E-state index in [-0.39, 0.29) is 31.1 Å². The summed E-state index contributed by atoms with van der Waals surface area (Å²) in [6.45, 7) is 6.61. The first-order valence-corrected chi connectivity index (χ1v) is 37.5. The maximum atomic E-state index is 13.0. The highest BCUT2D eigenvalue weighted by atomic mass is 16.6. The van der Waals surface area contributed by atoms with Gasteiger partial charge >= 0.3 is 17.9 Å². The van der Waals surface area contributed by atoms with Crippen molar-refractivity contribution in [3.8, 4) is 0 Å². The van der Waals surface area contributed by atoms with Gasteiger partial charge in [-0.3, -0.25) is 14.4 Å². The van der Waals surface area contributed by atoms with Gasteiger partial charge in [-0.25, -0.2) is 0 Å². The summed E-state index contributed by atoms with van der Waals surface area (Å²) in [7, 11) is 0. The van der Waals surface area contributed by atoms with Crippen molar-refractivity contribution >= 4 is 17.9 Å². The fraction of sp³-hybridized carbons (Fsp3) is 0.883. The Morgan fingerprint density at radius 3 is 0.735 bits per heavy atom. The molecule has 6 nitrogen and oxygen atoms in total. The van der Waals surface area contributed by atoms with Crippen molar-refractivity contribution < 1.29 is 28.6 Å². The lowest BCUT2D eigenvalue weighted by atomic mass is 10.0. The third kappa shape index (κ3) is 70.3. The third-order valence-corrected chi connectivity index (χ3v) is 17.2. The molecule has 0 radical (unpaired) electrons. The van der Waals surface area contributed by atoms with Gasteiger partial charge in [0.05, 0.1) is 0 Å². The zero-order valence-corrected chi connectivity index (χ0v) is 56.2. The van der Waals surface area contributed by atoms with Gasteiger partial charge in [-0.2, -0.15) is 0 Å². The van der Waals surface area contributed by atoms with Gasteiger partial charge in [-0.05, 0) is 51.4 Å². The van der Waals surface area contributed by atoms with E-state index in [1.165, 1.54) is 283 Å². The molecular weight excluding hydrogens is 1020 g/mol. The first kappa shape index (κ1) is 80.6. The molecule has 0 aromatic heterocycles. The predicted molar refractivity (Wildman–Crippen MR) is 362 cm³/mol. The van der Waals surface area contributed by atoms with Gasteiger partial charge in [-0.1, -0.05) is 385 Å². The van der Waals surface area contributed by atoms with E-state index < -0.39 is 6.10 Å². The maximum absolute atomic E-state index is 13.0. The number of carbonyl (C=O) groups excluding carboxylic acids is 3. The van der Waals surface area contributed by atoms with E-state index in [9.17, 15) is 14.4 Å². The number of esters is 3. The molecule has 488 valence electrons. The van der Waals surface area contributed by atoms with Crippen molar-refractivity contribution in [1.82, 2.24) is 0 Å². The maximum Gasteiger partial charge on any atom is 0.306 e. The molecule has 1 atom stereocenters. The van der Waals surface area contributed by atoms with Crippen molar-refractivity contribution in [3.05, 3.63) is 36.5 Å². The Balaban J connectivity index is 4.21. The average Bonchev–Trinajstić information content (AvgIpc) is 3.50. The van der Waals surface area contributed by atoms with E-state index in [2.05, 4.69) is 57.2 Å². The third-order valence-electron chi connectivity index (χ3n) is 17.2. The van der Waals surface area contributed by atoms with Gasteiger partial charge in [0.1, 0.15) is 13.2 Å². The molecule has 0 aromatic carbocycles. The molecule has 0 amide bonds. The number of allylic oxidation sites excluding steroid dienone is 6. The molecule has 0 N–H and O–H groups in total. The van der Waals surface area contributed by atoms with E-state index in [4.69, 9.17) is 14.2 Å². The van der Waals surface area contributed by atoms with Gasteiger partial charge in [0.15, 0.2) is 6.10 Å². The number of hydrogen-bond donors (Lipinski definition) is 0. The molecule has 0 aliphatic heterocycles. The number of rotatable bonds is 70. The number of carbonyl (C=O) groups is 3. The highest BCUT2D eigenvalue weighted by molar-refractivity contribution is 5.71. The summed E-state index contributed by atoms with van der Waals surface area (Å²) in [5.74, 6) is -0.856. The lowest BCUT2D eigenvalue weighted by Gasteiger charge is -2.18. The van der Waals surface area contributed by atoms with Crippen LogP contribution in [0.1, 0.15) is 419 Å². The highest BCUT2D eigenvalue weighted by Gasteiger charge is 2.20. The molecule has 0 fully saturated rings. The topological polar surface area (TPSA) is 78.9 Å². The van der Waals surface area contributed by atoms with Crippen LogP contribution in [0, 0.1) is 0 Å². The first-order valence-electron chi connectivity index (χ1n) is 37.5. The second kappa shape index (κ2) is 72.1. The number of ether oxygens (including phenoxy) is 3. The monoisotopic (exact) mass is 1170 g/mol. The van der Waals surface area contributed by atoms with E-state index >= 15 is 0 Å². The van der Waals surface area contributed by atoms with Crippen molar-refractivity contribution in [3.63, 3.8) is 0 Å². The Morgan fingerprint density at radius 2 is 0.470 bits per heavy atom. The van der Waals surface area contributed by atoms with E-state index in [0.29, 0.717) is 19.3 Å². The van der Waals surface area contributed by atoms with Crippen LogP contribution in [-0.2, 0) is 28.6 Å². The fourth-order valence-corrected chi connectivity index (χ4v) is 11.6. The molecule has 0 aliphatic rings. The van der Waals surface area contributed by atoms with E-state index in [1.807, 2.05) is 0 Å². The Kier molecular flexibility index (Phi) is 70.0. The zero-order valence-electron chi connectivity index (χ0n) is 56.2. The molecule has 0 aliphatic carbocycles. The van der Waals surface area contributed by atoms with Crippen molar-refractivity contribution in [2.75, 3.05) is 13.2 Å². The molecule has 0 saturated carbocycles. The molecule has 0 bridgehead atoms. The minimum absolute atomic E-state index is 0.0716. The SMILES string of the molecule is CC/C=C\C/C=C\C/C=C\CCCCCCCC(=O)OCC(COC(=O)CCCCCCCCCCCCCCCCCCCCCCCCCCCCCC)OC(=O)CCCCCCCCCCCCCCCCCCCCCCCC. The van der Waals surface area contributed by atoms with Gasteiger partial charge in [0, 0.05) is 19.3 Å². The second-order valence-electron chi connectivity index (χ2n) is 25.5. The molecule has 0 rings (SSSR count). The first-order chi connectivity index (χ1) is 41.0. The van der Waals surface area contributed by atoms with Gasteiger partial charge < -0.3 is 14.2 Å². The summed E-state index contributed by atoms with van der Waals surface area (Å²) in [4.78, 5) is 38.5. The molecule has 0 aromatic rings. The summed E-state index contributed by atoms with van der Waals surface area (Å²) in [6, 6.07) is 0. The second-order valence-corrected chi connectivity index (χ2v) is 25.5. The van der Waals surface area contributed by atoms with Crippen LogP contribution in [0.15, 0.2) is 36.5 Å². The Hall–Kier alpha value is -2.37. The Morgan fingerprint density at radius 1 is 0.253 bits per heavy atom. The van der Waals surface area contributed by atoms with Gasteiger partial charge in [-0.15, -0.1) is 0 Å².